The van der Waals surface area contributed by atoms with E-state index < -0.39 is 11.6 Å². The van der Waals surface area contributed by atoms with Gasteiger partial charge in [0.05, 0.1) is 4.47 Å². The van der Waals surface area contributed by atoms with Crippen molar-refractivity contribution in [2.45, 2.75) is 20.3 Å². The fourth-order valence-electron chi connectivity index (χ4n) is 1.91. The SMILES string of the molecule is CC(C)Cc1cc(NN)nc(-c2ccc(F)c(F)c2Br)n1. The quantitative estimate of drug-likeness (QED) is 0.498. The molecule has 0 spiro atoms. The Balaban J connectivity index is 2.55. The highest BCUT2D eigenvalue weighted by atomic mass is 79.9. The Kier molecular flexibility index (Phi) is 4.84. The van der Waals surface area contributed by atoms with Crippen LogP contribution in [-0.4, -0.2) is 9.97 Å². The van der Waals surface area contributed by atoms with Crippen LogP contribution < -0.4 is 11.3 Å². The highest BCUT2D eigenvalue weighted by molar-refractivity contribution is 9.10. The summed E-state index contributed by atoms with van der Waals surface area (Å²) in [6.45, 7) is 4.12. The predicted octanol–water partition coefficient (Wildman–Crippen LogP) is 3.67. The highest BCUT2D eigenvalue weighted by Gasteiger charge is 2.16. The number of halogens is 3. The number of nitrogen functional groups attached to an aromatic ring is 1. The van der Waals surface area contributed by atoms with Gasteiger partial charge in [0.1, 0.15) is 5.82 Å². The number of hydrogen-bond acceptors (Lipinski definition) is 4. The zero-order chi connectivity index (χ0) is 15.6. The lowest BCUT2D eigenvalue weighted by Gasteiger charge is -2.11. The molecule has 0 unspecified atom stereocenters. The van der Waals surface area contributed by atoms with Crippen molar-refractivity contribution in [2.24, 2.45) is 11.8 Å². The average molecular weight is 357 g/mol. The number of nitrogens with one attached hydrogen (secondary N) is 1. The first-order valence-electron chi connectivity index (χ1n) is 6.40. The Morgan fingerprint density at radius 1 is 1.29 bits per heavy atom. The van der Waals surface area contributed by atoms with E-state index in [2.05, 4.69) is 45.2 Å². The third kappa shape index (κ3) is 3.54. The van der Waals surface area contributed by atoms with E-state index in [0.717, 1.165) is 18.2 Å². The first-order chi connectivity index (χ1) is 9.92. The van der Waals surface area contributed by atoms with E-state index in [4.69, 9.17) is 5.84 Å². The Morgan fingerprint density at radius 2 is 2.00 bits per heavy atom. The van der Waals surface area contributed by atoms with Gasteiger partial charge in [-0.05, 0) is 40.4 Å². The minimum atomic E-state index is -0.965. The van der Waals surface area contributed by atoms with Crippen LogP contribution in [-0.2, 0) is 6.42 Å². The second kappa shape index (κ2) is 6.44. The van der Waals surface area contributed by atoms with Crippen LogP contribution in [0.3, 0.4) is 0 Å². The van der Waals surface area contributed by atoms with Crippen LogP contribution in [0.1, 0.15) is 19.5 Å². The number of benzene rings is 1. The van der Waals surface area contributed by atoms with Crippen molar-refractivity contribution in [2.75, 3.05) is 5.43 Å². The van der Waals surface area contributed by atoms with Crippen molar-refractivity contribution >= 4 is 21.7 Å². The van der Waals surface area contributed by atoms with Crippen molar-refractivity contribution < 1.29 is 8.78 Å². The number of nitrogens with two attached hydrogens (primary N) is 1. The van der Waals surface area contributed by atoms with Gasteiger partial charge in [0, 0.05) is 17.3 Å². The third-order valence-corrected chi connectivity index (χ3v) is 3.60. The topological polar surface area (TPSA) is 63.8 Å². The molecule has 0 amide bonds. The van der Waals surface area contributed by atoms with Gasteiger partial charge < -0.3 is 5.43 Å². The fraction of sp³-hybridized carbons (Fsp3) is 0.286. The lowest BCUT2D eigenvalue weighted by atomic mass is 10.1. The molecule has 2 aromatic rings. The van der Waals surface area contributed by atoms with Gasteiger partial charge in [0.2, 0.25) is 0 Å². The molecule has 0 aliphatic rings. The van der Waals surface area contributed by atoms with E-state index in [0.29, 0.717) is 17.3 Å². The van der Waals surface area contributed by atoms with E-state index in [1.807, 2.05) is 0 Å². The summed E-state index contributed by atoms with van der Waals surface area (Å²) in [6, 6.07) is 4.21. The van der Waals surface area contributed by atoms with Crippen molar-refractivity contribution in [1.29, 1.82) is 0 Å². The molecule has 0 fully saturated rings. The molecule has 1 heterocycles. The summed E-state index contributed by atoms with van der Waals surface area (Å²) >= 11 is 3.04. The fourth-order valence-corrected chi connectivity index (χ4v) is 2.41. The Hall–Kier alpha value is -1.60. The van der Waals surface area contributed by atoms with Crippen LogP contribution in [0.5, 0.6) is 0 Å². The van der Waals surface area contributed by atoms with Gasteiger partial charge >= 0.3 is 0 Å². The number of hydrogen-bond donors (Lipinski definition) is 2. The van der Waals surface area contributed by atoms with Crippen LogP contribution in [0.2, 0.25) is 0 Å². The van der Waals surface area contributed by atoms with Gasteiger partial charge in [-0.15, -0.1) is 0 Å². The molecule has 1 aromatic heterocycles. The van der Waals surface area contributed by atoms with Crippen molar-refractivity contribution in [3.8, 4) is 11.4 Å². The summed E-state index contributed by atoms with van der Waals surface area (Å²) < 4.78 is 26.8. The molecule has 0 aliphatic heterocycles. The summed E-state index contributed by atoms with van der Waals surface area (Å²) in [5.74, 6) is 4.61. The van der Waals surface area contributed by atoms with E-state index in [9.17, 15) is 8.78 Å². The molecule has 7 heteroatoms. The lowest BCUT2D eigenvalue weighted by molar-refractivity contribution is 0.504. The van der Waals surface area contributed by atoms with Gasteiger partial charge in [0.15, 0.2) is 17.5 Å². The molecule has 21 heavy (non-hydrogen) atoms. The molecule has 4 nitrogen and oxygen atoms in total. The first-order valence-corrected chi connectivity index (χ1v) is 7.20. The van der Waals surface area contributed by atoms with E-state index >= 15 is 0 Å². The monoisotopic (exact) mass is 356 g/mol. The standard InChI is InChI=1S/C14H15BrF2N4/c1-7(2)5-8-6-11(21-18)20-14(19-8)9-3-4-10(16)13(17)12(9)15/h3-4,6-7H,5,18H2,1-2H3,(H,19,20,21). The predicted molar refractivity (Wildman–Crippen MR) is 81.4 cm³/mol. The maximum Gasteiger partial charge on any atom is 0.173 e. The van der Waals surface area contributed by atoms with Gasteiger partial charge in [-0.25, -0.2) is 24.6 Å². The van der Waals surface area contributed by atoms with Crippen LogP contribution >= 0.6 is 15.9 Å². The second-order valence-electron chi connectivity index (χ2n) is 5.03. The van der Waals surface area contributed by atoms with Crippen LogP contribution in [0.15, 0.2) is 22.7 Å². The molecule has 0 saturated carbocycles. The van der Waals surface area contributed by atoms with Gasteiger partial charge in [-0.2, -0.15) is 0 Å². The molecule has 1 aromatic carbocycles. The number of rotatable bonds is 4. The summed E-state index contributed by atoms with van der Waals surface area (Å²) in [7, 11) is 0. The maximum absolute atomic E-state index is 13.7. The smallest absolute Gasteiger partial charge is 0.173 e. The minimum absolute atomic E-state index is 0.00725. The van der Waals surface area contributed by atoms with Crippen LogP contribution in [0, 0.1) is 17.6 Å². The molecule has 0 aliphatic carbocycles. The van der Waals surface area contributed by atoms with E-state index in [1.54, 1.807) is 6.07 Å². The molecule has 3 N–H and O–H groups in total. The number of nitrogens with zero attached hydrogens (tertiary/aromatic N) is 2. The summed E-state index contributed by atoms with van der Waals surface area (Å²) in [4.78, 5) is 8.59. The van der Waals surface area contributed by atoms with Crippen molar-refractivity contribution in [3.05, 3.63) is 40.0 Å². The van der Waals surface area contributed by atoms with Crippen molar-refractivity contribution in [3.63, 3.8) is 0 Å². The summed E-state index contributed by atoms with van der Waals surface area (Å²) in [5.41, 5.74) is 3.61. The van der Waals surface area contributed by atoms with Gasteiger partial charge in [-0.3, -0.25) is 0 Å². The Bertz CT molecular complexity index is 662. The molecule has 112 valence electrons. The molecular formula is C14H15BrF2N4. The molecular weight excluding hydrogens is 342 g/mol. The normalized spacial score (nSPS) is 11.0. The summed E-state index contributed by atoms with van der Waals surface area (Å²) in [6.07, 6.45) is 0.728. The average Bonchev–Trinajstić information content (AvgIpc) is 2.43. The van der Waals surface area contributed by atoms with Gasteiger partial charge in [-0.1, -0.05) is 13.8 Å². The third-order valence-electron chi connectivity index (χ3n) is 2.82. The molecule has 0 radical (unpaired) electrons. The zero-order valence-electron chi connectivity index (χ0n) is 11.6. The maximum atomic E-state index is 13.7. The van der Waals surface area contributed by atoms with Crippen LogP contribution in [0.25, 0.3) is 11.4 Å². The van der Waals surface area contributed by atoms with Crippen LogP contribution in [0.4, 0.5) is 14.6 Å². The number of anilines is 1. The summed E-state index contributed by atoms with van der Waals surface area (Å²) in [5, 5.41) is 0. The number of aromatic nitrogens is 2. The largest absolute Gasteiger partial charge is 0.308 e. The minimum Gasteiger partial charge on any atom is -0.308 e. The molecule has 0 saturated heterocycles. The van der Waals surface area contributed by atoms with Gasteiger partial charge in [0.25, 0.3) is 0 Å². The van der Waals surface area contributed by atoms with E-state index in [-0.39, 0.29) is 10.3 Å². The van der Waals surface area contributed by atoms with Crippen molar-refractivity contribution in [1.82, 2.24) is 9.97 Å². The molecule has 2 rings (SSSR count). The molecule has 0 bridgehead atoms. The lowest BCUT2D eigenvalue weighted by Crippen LogP contribution is -2.11. The Morgan fingerprint density at radius 3 is 2.62 bits per heavy atom. The number of hydrazine groups is 1. The Labute approximate surface area is 129 Å². The van der Waals surface area contributed by atoms with E-state index in [1.165, 1.54) is 6.07 Å². The second-order valence-corrected chi connectivity index (χ2v) is 5.83. The first kappa shape index (κ1) is 15.8. The molecule has 0 atom stereocenters. The highest BCUT2D eigenvalue weighted by Crippen LogP contribution is 2.30. The zero-order valence-corrected chi connectivity index (χ0v) is 13.2.